The van der Waals surface area contributed by atoms with E-state index in [-0.39, 0.29) is 5.82 Å². The van der Waals surface area contributed by atoms with Crippen molar-refractivity contribution in [2.75, 3.05) is 20.2 Å². The summed E-state index contributed by atoms with van der Waals surface area (Å²) in [7, 11) is 1.56. The van der Waals surface area contributed by atoms with Gasteiger partial charge in [0, 0.05) is 23.0 Å². The number of alkyl halides is 1. The summed E-state index contributed by atoms with van der Waals surface area (Å²) >= 11 is 3.66. The molecule has 0 aromatic heterocycles. The Bertz CT molecular complexity index is 417. The van der Waals surface area contributed by atoms with E-state index in [2.05, 4.69) is 27.8 Å². The highest BCUT2D eigenvalue weighted by Gasteiger charge is 2.22. The van der Waals surface area contributed by atoms with Gasteiger partial charge in [0.15, 0.2) is 0 Å². The van der Waals surface area contributed by atoms with E-state index in [9.17, 15) is 4.39 Å². The van der Waals surface area contributed by atoms with Crippen molar-refractivity contribution in [3.63, 3.8) is 0 Å². The number of rotatable bonds is 4. The number of nitrogens with zero attached hydrogens (tertiary/aromatic N) is 1. The van der Waals surface area contributed by atoms with Gasteiger partial charge >= 0.3 is 0 Å². The first-order chi connectivity index (χ1) is 9.10. The predicted molar refractivity (Wildman–Crippen MR) is 79.3 cm³/mol. The van der Waals surface area contributed by atoms with Crippen LogP contribution in [0.1, 0.15) is 25.3 Å². The first-order valence-corrected chi connectivity index (χ1v) is 7.70. The van der Waals surface area contributed by atoms with E-state index >= 15 is 0 Å². The van der Waals surface area contributed by atoms with Crippen LogP contribution in [0.3, 0.4) is 0 Å². The molecule has 1 atom stereocenters. The lowest BCUT2D eigenvalue weighted by Crippen LogP contribution is -2.35. The molecule has 0 amide bonds. The van der Waals surface area contributed by atoms with Crippen LogP contribution in [-0.4, -0.2) is 29.9 Å². The maximum absolute atomic E-state index is 13.9. The Hall–Kier alpha value is -0.610. The third-order valence-corrected chi connectivity index (χ3v) is 4.68. The minimum atomic E-state index is -0.171. The third-order valence-electron chi connectivity index (χ3n) is 3.94. The van der Waals surface area contributed by atoms with E-state index in [4.69, 9.17) is 4.74 Å². The van der Waals surface area contributed by atoms with Crippen molar-refractivity contribution >= 4 is 15.9 Å². The van der Waals surface area contributed by atoms with E-state index in [1.165, 1.54) is 18.9 Å². The molecule has 1 aromatic rings. The summed E-state index contributed by atoms with van der Waals surface area (Å²) in [5.74, 6) is 1.15. The fourth-order valence-corrected chi connectivity index (χ4v) is 3.12. The average molecular weight is 330 g/mol. The highest BCUT2D eigenvalue weighted by molar-refractivity contribution is 9.09. The summed E-state index contributed by atoms with van der Waals surface area (Å²) in [6, 6.07) is 5.11. The van der Waals surface area contributed by atoms with Crippen LogP contribution >= 0.6 is 15.9 Å². The van der Waals surface area contributed by atoms with Gasteiger partial charge in [-0.15, -0.1) is 0 Å². The van der Waals surface area contributed by atoms with Gasteiger partial charge in [0.2, 0.25) is 0 Å². The molecule has 0 bridgehead atoms. The summed E-state index contributed by atoms with van der Waals surface area (Å²) in [6.45, 7) is 5.00. The first kappa shape index (κ1) is 14.8. The van der Waals surface area contributed by atoms with Crippen LogP contribution in [0.4, 0.5) is 4.39 Å². The minimum absolute atomic E-state index is 0.171. The van der Waals surface area contributed by atoms with Crippen LogP contribution in [0.5, 0.6) is 5.75 Å². The number of ether oxygens (including phenoxy) is 1. The molecule has 0 spiro atoms. The van der Waals surface area contributed by atoms with Crippen LogP contribution in [-0.2, 0) is 6.54 Å². The number of hydrogen-bond acceptors (Lipinski definition) is 2. The lowest BCUT2D eigenvalue weighted by atomic mass is 9.94. The fourth-order valence-electron chi connectivity index (χ4n) is 2.59. The van der Waals surface area contributed by atoms with E-state index in [0.717, 1.165) is 24.6 Å². The second-order valence-electron chi connectivity index (χ2n) is 5.25. The molecule has 106 valence electrons. The molecule has 0 radical (unpaired) electrons. The number of halogens is 2. The Labute approximate surface area is 123 Å². The Morgan fingerprint density at radius 1 is 1.42 bits per heavy atom. The molecule has 1 aromatic carbocycles. The highest BCUT2D eigenvalue weighted by atomic mass is 79.9. The summed E-state index contributed by atoms with van der Waals surface area (Å²) < 4.78 is 18.9. The predicted octanol–water partition coefficient (Wildman–Crippen LogP) is 3.83. The van der Waals surface area contributed by atoms with Gasteiger partial charge < -0.3 is 4.74 Å². The van der Waals surface area contributed by atoms with Gasteiger partial charge in [-0.2, -0.15) is 0 Å². The largest absolute Gasteiger partial charge is 0.497 e. The van der Waals surface area contributed by atoms with Gasteiger partial charge in [-0.3, -0.25) is 4.90 Å². The number of methoxy groups -OCH3 is 1. The normalized spacial score (nSPS) is 19.4. The van der Waals surface area contributed by atoms with Crippen LogP contribution in [0.2, 0.25) is 0 Å². The smallest absolute Gasteiger partial charge is 0.131 e. The summed E-state index contributed by atoms with van der Waals surface area (Å²) in [4.78, 5) is 2.91. The van der Waals surface area contributed by atoms with E-state index in [1.54, 1.807) is 7.11 Å². The first-order valence-electron chi connectivity index (χ1n) is 6.79. The average Bonchev–Trinajstić information content (AvgIpc) is 2.41. The summed E-state index contributed by atoms with van der Waals surface area (Å²) in [6.07, 6.45) is 2.37. The van der Waals surface area contributed by atoms with Crippen molar-refractivity contribution in [2.24, 2.45) is 5.92 Å². The Kier molecular flexibility index (Phi) is 5.22. The van der Waals surface area contributed by atoms with Gasteiger partial charge in [0.1, 0.15) is 11.6 Å². The molecular weight excluding hydrogens is 309 g/mol. The zero-order chi connectivity index (χ0) is 13.8. The highest BCUT2D eigenvalue weighted by Crippen LogP contribution is 2.26. The maximum Gasteiger partial charge on any atom is 0.131 e. The van der Waals surface area contributed by atoms with Crippen LogP contribution in [0.25, 0.3) is 0 Å². The molecule has 1 unspecified atom stereocenters. The summed E-state index contributed by atoms with van der Waals surface area (Å²) in [5, 5.41) is 0. The van der Waals surface area contributed by atoms with Gasteiger partial charge in [0.25, 0.3) is 0 Å². The minimum Gasteiger partial charge on any atom is -0.497 e. The Morgan fingerprint density at radius 2 is 2.11 bits per heavy atom. The molecule has 0 N–H and O–H groups in total. The van der Waals surface area contributed by atoms with Gasteiger partial charge in [-0.25, -0.2) is 4.39 Å². The number of benzene rings is 1. The van der Waals surface area contributed by atoms with Crippen LogP contribution < -0.4 is 4.74 Å². The van der Waals surface area contributed by atoms with Gasteiger partial charge in [-0.05, 0) is 37.9 Å². The Balaban J connectivity index is 1.92. The molecular formula is C15H21BrFNO. The SMILES string of the molecule is COc1ccc(CN2CCC(C(C)Br)CC2)c(F)c1. The van der Waals surface area contributed by atoms with E-state index in [1.807, 2.05) is 12.1 Å². The monoisotopic (exact) mass is 329 g/mol. The molecule has 0 aliphatic carbocycles. The van der Waals surface area contributed by atoms with Crippen molar-refractivity contribution in [1.82, 2.24) is 4.90 Å². The molecule has 1 aliphatic rings. The van der Waals surface area contributed by atoms with E-state index in [0.29, 0.717) is 17.1 Å². The topological polar surface area (TPSA) is 12.5 Å². The zero-order valence-electron chi connectivity index (χ0n) is 11.5. The number of piperidine rings is 1. The second kappa shape index (κ2) is 6.71. The molecule has 1 fully saturated rings. The van der Waals surface area contributed by atoms with E-state index < -0.39 is 0 Å². The molecule has 4 heteroatoms. The molecule has 0 saturated carbocycles. The van der Waals surface area contributed by atoms with Gasteiger partial charge in [0.05, 0.1) is 7.11 Å². The standard InChI is InChI=1S/C15H21BrFNO/c1-11(16)12-5-7-18(8-6-12)10-13-3-4-14(19-2)9-15(13)17/h3-4,9,11-12H,5-8,10H2,1-2H3. The van der Waals surface area contributed by atoms with Gasteiger partial charge in [-0.1, -0.05) is 28.9 Å². The second-order valence-corrected chi connectivity index (χ2v) is 6.69. The number of hydrogen-bond donors (Lipinski definition) is 0. The van der Waals surface area contributed by atoms with Crippen LogP contribution in [0.15, 0.2) is 18.2 Å². The Morgan fingerprint density at radius 3 is 2.63 bits per heavy atom. The zero-order valence-corrected chi connectivity index (χ0v) is 13.1. The van der Waals surface area contributed by atoms with Crippen LogP contribution in [0, 0.1) is 11.7 Å². The fraction of sp³-hybridized carbons (Fsp3) is 0.600. The molecule has 2 rings (SSSR count). The lowest BCUT2D eigenvalue weighted by molar-refractivity contribution is 0.176. The van der Waals surface area contributed by atoms with Crippen molar-refractivity contribution in [3.8, 4) is 5.75 Å². The quantitative estimate of drug-likeness (QED) is 0.778. The number of likely N-dealkylation sites (tertiary alicyclic amines) is 1. The van der Waals surface area contributed by atoms with Crippen molar-refractivity contribution in [2.45, 2.75) is 31.1 Å². The third kappa shape index (κ3) is 3.93. The molecule has 19 heavy (non-hydrogen) atoms. The molecule has 1 heterocycles. The molecule has 1 aliphatic heterocycles. The van der Waals surface area contributed by atoms with Crippen molar-refractivity contribution < 1.29 is 9.13 Å². The summed E-state index contributed by atoms with van der Waals surface area (Å²) in [5.41, 5.74) is 0.756. The van der Waals surface area contributed by atoms with Crippen molar-refractivity contribution in [3.05, 3.63) is 29.6 Å². The van der Waals surface area contributed by atoms with Crippen molar-refractivity contribution in [1.29, 1.82) is 0 Å². The lowest BCUT2D eigenvalue weighted by Gasteiger charge is -2.33. The maximum atomic E-state index is 13.9. The molecule has 1 saturated heterocycles. The molecule has 2 nitrogen and oxygen atoms in total.